The number of piperidine rings is 1. The first-order chi connectivity index (χ1) is 15.6. The third kappa shape index (κ3) is 4.92. The third-order valence-corrected chi connectivity index (χ3v) is 7.96. The summed E-state index contributed by atoms with van der Waals surface area (Å²) in [5.74, 6) is -4.77. The molecule has 0 spiro atoms. The smallest absolute Gasteiger partial charge is 0.246 e. The summed E-state index contributed by atoms with van der Waals surface area (Å²) in [7, 11) is -4.24. The van der Waals surface area contributed by atoms with Crippen molar-refractivity contribution in [1.29, 1.82) is 0 Å². The highest BCUT2D eigenvalue weighted by Crippen LogP contribution is 2.29. The fourth-order valence-electron chi connectivity index (χ4n) is 3.50. The quantitative estimate of drug-likeness (QED) is 0.528. The van der Waals surface area contributed by atoms with Crippen molar-refractivity contribution in [3.8, 4) is 11.3 Å². The lowest BCUT2D eigenvalue weighted by atomic mass is 9.97. The maximum atomic E-state index is 14.0. The van der Waals surface area contributed by atoms with Crippen molar-refractivity contribution in [3.63, 3.8) is 0 Å². The zero-order valence-electron chi connectivity index (χ0n) is 16.9. The van der Waals surface area contributed by atoms with Crippen LogP contribution in [0.3, 0.4) is 0 Å². The zero-order valence-corrected chi connectivity index (χ0v) is 18.5. The van der Waals surface area contributed by atoms with Gasteiger partial charge in [-0.1, -0.05) is 0 Å². The Balaban J connectivity index is 1.38. The van der Waals surface area contributed by atoms with Crippen molar-refractivity contribution < 1.29 is 30.8 Å². The molecule has 0 bridgehead atoms. The summed E-state index contributed by atoms with van der Waals surface area (Å²) < 4.78 is 80.3. The molecule has 6 nitrogen and oxygen atoms in total. The molecule has 1 amide bonds. The lowest BCUT2D eigenvalue weighted by Crippen LogP contribution is -2.41. The molecule has 1 saturated heterocycles. The largest absolute Gasteiger partial charge is 0.302 e. The standard InChI is InChI=1S/C21H17F4N3O3S2/c22-14-2-4-16(24)19(10-14)33(30,31)28-7-5-12(6-8-28)20(29)27-21-26-18(11-32-21)13-1-3-15(23)17(25)9-13/h1-4,9-12H,5-8H2,(H,26,27,29). The van der Waals surface area contributed by atoms with E-state index in [-0.39, 0.29) is 37.0 Å². The van der Waals surface area contributed by atoms with Crippen LogP contribution in [0.4, 0.5) is 22.7 Å². The van der Waals surface area contributed by atoms with E-state index in [1.807, 2.05) is 0 Å². The first kappa shape index (κ1) is 23.3. The van der Waals surface area contributed by atoms with Gasteiger partial charge in [-0.2, -0.15) is 4.31 Å². The molecule has 4 rings (SSSR count). The van der Waals surface area contributed by atoms with Crippen molar-refractivity contribution in [2.24, 2.45) is 5.92 Å². The van der Waals surface area contributed by atoms with E-state index < -0.39 is 44.1 Å². The number of benzene rings is 2. The monoisotopic (exact) mass is 499 g/mol. The summed E-state index contributed by atoms with van der Waals surface area (Å²) in [6, 6.07) is 5.59. The number of nitrogens with one attached hydrogen (secondary N) is 1. The van der Waals surface area contributed by atoms with Gasteiger partial charge in [-0.3, -0.25) is 4.79 Å². The van der Waals surface area contributed by atoms with Crippen molar-refractivity contribution in [1.82, 2.24) is 9.29 Å². The first-order valence-electron chi connectivity index (χ1n) is 9.82. The van der Waals surface area contributed by atoms with E-state index in [4.69, 9.17) is 0 Å². The van der Waals surface area contributed by atoms with Gasteiger partial charge in [0, 0.05) is 30.0 Å². The first-order valence-corrected chi connectivity index (χ1v) is 12.1. The van der Waals surface area contributed by atoms with Gasteiger partial charge in [-0.15, -0.1) is 11.3 Å². The zero-order chi connectivity index (χ0) is 23.8. The molecule has 33 heavy (non-hydrogen) atoms. The van der Waals surface area contributed by atoms with E-state index in [2.05, 4.69) is 10.3 Å². The topological polar surface area (TPSA) is 79.4 Å². The second-order valence-electron chi connectivity index (χ2n) is 7.41. The number of aromatic nitrogens is 1. The summed E-state index contributed by atoms with van der Waals surface area (Å²) in [6.07, 6.45) is 0.368. The van der Waals surface area contributed by atoms with Crippen molar-refractivity contribution in [2.45, 2.75) is 17.7 Å². The molecule has 1 fully saturated rings. The Labute approximate surface area is 190 Å². The van der Waals surface area contributed by atoms with Crippen molar-refractivity contribution in [2.75, 3.05) is 18.4 Å². The molecule has 12 heteroatoms. The van der Waals surface area contributed by atoms with Crippen LogP contribution in [0.5, 0.6) is 0 Å². The Bertz CT molecular complexity index is 1310. The van der Waals surface area contributed by atoms with Crippen molar-refractivity contribution in [3.05, 3.63) is 65.0 Å². The highest BCUT2D eigenvalue weighted by atomic mass is 32.2. The predicted molar refractivity (Wildman–Crippen MR) is 114 cm³/mol. The number of nitrogens with zero attached hydrogens (tertiary/aromatic N) is 2. The molecule has 2 aromatic carbocycles. The van der Waals surface area contributed by atoms with E-state index in [9.17, 15) is 30.8 Å². The second-order valence-corrected chi connectivity index (χ2v) is 10.2. The van der Waals surface area contributed by atoms with Gasteiger partial charge in [0.25, 0.3) is 0 Å². The average Bonchev–Trinajstić information content (AvgIpc) is 3.25. The number of rotatable bonds is 5. The molecule has 1 aliphatic heterocycles. The van der Waals surface area contributed by atoms with Crippen LogP contribution in [0.1, 0.15) is 12.8 Å². The summed E-state index contributed by atoms with van der Waals surface area (Å²) >= 11 is 1.11. The molecule has 0 atom stereocenters. The van der Waals surface area contributed by atoms with Gasteiger partial charge >= 0.3 is 0 Å². The fourth-order valence-corrected chi connectivity index (χ4v) is 5.77. The maximum absolute atomic E-state index is 14.0. The minimum atomic E-state index is -4.24. The minimum Gasteiger partial charge on any atom is -0.302 e. The predicted octanol–water partition coefficient (Wildman–Crippen LogP) is 4.41. The van der Waals surface area contributed by atoms with Crippen LogP contribution in [0.25, 0.3) is 11.3 Å². The molecule has 174 valence electrons. The lowest BCUT2D eigenvalue weighted by molar-refractivity contribution is -0.120. The van der Waals surface area contributed by atoms with E-state index >= 15 is 0 Å². The Morgan fingerprint density at radius 1 is 1.00 bits per heavy atom. The Morgan fingerprint density at radius 2 is 1.70 bits per heavy atom. The third-order valence-electron chi connectivity index (χ3n) is 5.29. The van der Waals surface area contributed by atoms with E-state index in [1.165, 1.54) is 6.07 Å². The van der Waals surface area contributed by atoms with Gasteiger partial charge in [0.15, 0.2) is 16.8 Å². The SMILES string of the molecule is O=C(Nc1nc(-c2ccc(F)c(F)c2)cs1)C1CCN(S(=O)(=O)c2cc(F)ccc2F)CC1. The van der Waals surface area contributed by atoms with Crippen LogP contribution >= 0.6 is 11.3 Å². The number of amides is 1. The minimum absolute atomic E-state index is 0.0334. The average molecular weight is 500 g/mol. The van der Waals surface area contributed by atoms with Crippen LogP contribution in [-0.2, 0) is 14.8 Å². The number of carbonyl (C=O) groups is 1. The highest BCUT2D eigenvalue weighted by Gasteiger charge is 2.34. The van der Waals surface area contributed by atoms with Crippen LogP contribution in [0, 0.1) is 29.2 Å². The van der Waals surface area contributed by atoms with Gasteiger partial charge < -0.3 is 5.32 Å². The molecule has 0 saturated carbocycles. The number of thiazole rings is 1. The Kier molecular flexibility index (Phi) is 6.50. The number of hydrogen-bond acceptors (Lipinski definition) is 5. The van der Waals surface area contributed by atoms with Crippen LogP contribution in [-0.4, -0.2) is 36.7 Å². The molecular formula is C21H17F4N3O3S2. The number of carbonyl (C=O) groups excluding carboxylic acids is 1. The van der Waals surface area contributed by atoms with Crippen LogP contribution in [0.2, 0.25) is 0 Å². The summed E-state index contributed by atoms with van der Waals surface area (Å²) in [5, 5.41) is 4.50. The molecule has 0 aliphatic carbocycles. The molecule has 0 radical (unpaired) electrons. The molecule has 1 aliphatic rings. The van der Waals surface area contributed by atoms with Crippen LogP contribution < -0.4 is 5.32 Å². The van der Waals surface area contributed by atoms with Gasteiger partial charge in [0.2, 0.25) is 15.9 Å². The van der Waals surface area contributed by atoms with Gasteiger partial charge in [0.05, 0.1) is 5.69 Å². The van der Waals surface area contributed by atoms with E-state index in [0.717, 1.165) is 39.9 Å². The highest BCUT2D eigenvalue weighted by molar-refractivity contribution is 7.89. The fraction of sp³-hybridized carbons (Fsp3) is 0.238. The summed E-state index contributed by atoms with van der Waals surface area (Å²) in [4.78, 5) is 16.1. The number of halogens is 4. The summed E-state index contributed by atoms with van der Waals surface area (Å²) in [5.41, 5.74) is 0.723. The Morgan fingerprint density at radius 3 is 2.39 bits per heavy atom. The van der Waals surface area contributed by atoms with Gasteiger partial charge in [-0.05, 0) is 49.2 Å². The normalized spacial score (nSPS) is 15.5. The van der Waals surface area contributed by atoms with Gasteiger partial charge in [-0.25, -0.2) is 31.0 Å². The Hall–Kier alpha value is -2.83. The maximum Gasteiger partial charge on any atom is 0.246 e. The van der Waals surface area contributed by atoms with Crippen molar-refractivity contribution >= 4 is 32.4 Å². The molecule has 1 N–H and O–H groups in total. The molecule has 1 aromatic heterocycles. The summed E-state index contributed by atoms with van der Waals surface area (Å²) in [6.45, 7) is -0.0668. The number of hydrogen-bond donors (Lipinski definition) is 1. The number of anilines is 1. The van der Waals surface area contributed by atoms with Crippen LogP contribution in [0.15, 0.2) is 46.7 Å². The molecule has 2 heterocycles. The number of sulfonamides is 1. The molecule has 3 aromatic rings. The molecule has 0 unspecified atom stereocenters. The second kappa shape index (κ2) is 9.20. The van der Waals surface area contributed by atoms with Gasteiger partial charge in [0.1, 0.15) is 16.5 Å². The molecular weight excluding hydrogens is 482 g/mol. The lowest BCUT2D eigenvalue weighted by Gasteiger charge is -2.30. The van der Waals surface area contributed by atoms with E-state index in [1.54, 1.807) is 5.38 Å². The van der Waals surface area contributed by atoms with E-state index in [0.29, 0.717) is 17.3 Å².